The number of carbonyl (C=O) groups is 2. The molecule has 1 rings (SSSR count). The van der Waals surface area contributed by atoms with Gasteiger partial charge in [0.15, 0.2) is 0 Å². The van der Waals surface area contributed by atoms with Crippen LogP contribution < -0.4 is 0 Å². The molecule has 1 saturated carbocycles. The van der Waals surface area contributed by atoms with Crippen molar-refractivity contribution in [3.63, 3.8) is 0 Å². The Kier molecular flexibility index (Phi) is 3.28. The Labute approximate surface area is 77.8 Å². The number of ether oxygens (including phenoxy) is 1. The quantitative estimate of drug-likeness (QED) is 0.596. The van der Waals surface area contributed by atoms with Crippen molar-refractivity contribution in [1.82, 2.24) is 4.90 Å². The average Bonchev–Trinajstić information content (AvgIpc) is 2.95. The van der Waals surface area contributed by atoms with Crippen LogP contribution in [0, 0.1) is 5.92 Å². The number of nitrogens with zero attached hydrogens (tertiary/aromatic N) is 1. The van der Waals surface area contributed by atoms with Crippen LogP contribution in [-0.2, 0) is 14.3 Å². The Morgan fingerprint density at radius 1 is 1.46 bits per heavy atom. The van der Waals surface area contributed by atoms with Gasteiger partial charge in [-0.15, -0.1) is 0 Å². The monoisotopic (exact) mass is 185 g/mol. The fourth-order valence-electron chi connectivity index (χ4n) is 1.15. The zero-order chi connectivity index (χ0) is 9.84. The number of hydrogen-bond acceptors (Lipinski definition) is 3. The summed E-state index contributed by atoms with van der Waals surface area (Å²) in [4.78, 5) is 24.0. The number of rotatable bonds is 4. The van der Waals surface area contributed by atoms with Crippen molar-refractivity contribution in [2.24, 2.45) is 5.92 Å². The average molecular weight is 185 g/mol. The van der Waals surface area contributed by atoms with Gasteiger partial charge in [0.25, 0.3) is 0 Å². The predicted octanol–water partition coefficient (Wildman–Crippen LogP) is 0.418. The molecule has 4 nitrogen and oxygen atoms in total. The first-order valence-corrected chi connectivity index (χ1v) is 4.54. The SMILES string of the molecule is CCN(CC(=O)OC)C(=O)C1CC1. The van der Waals surface area contributed by atoms with Crippen molar-refractivity contribution >= 4 is 11.9 Å². The number of amides is 1. The van der Waals surface area contributed by atoms with Gasteiger partial charge in [-0.3, -0.25) is 9.59 Å². The molecule has 0 atom stereocenters. The first-order chi connectivity index (χ1) is 6.19. The Balaban J connectivity index is 2.41. The molecule has 0 N–H and O–H groups in total. The van der Waals surface area contributed by atoms with Crippen LogP contribution in [0.5, 0.6) is 0 Å². The predicted molar refractivity (Wildman–Crippen MR) is 47.0 cm³/mol. The molecule has 0 unspecified atom stereocenters. The summed E-state index contributed by atoms with van der Waals surface area (Å²) in [6.45, 7) is 2.52. The molecular formula is C9H15NO3. The van der Waals surface area contributed by atoms with E-state index in [9.17, 15) is 9.59 Å². The fraction of sp³-hybridized carbons (Fsp3) is 0.778. The highest BCUT2D eigenvalue weighted by Gasteiger charge is 2.33. The second kappa shape index (κ2) is 4.25. The molecule has 0 bridgehead atoms. The lowest BCUT2D eigenvalue weighted by atomic mass is 10.3. The summed E-state index contributed by atoms with van der Waals surface area (Å²) in [5.74, 6) is -0.0895. The maximum atomic E-state index is 11.5. The van der Waals surface area contributed by atoms with Gasteiger partial charge in [-0.1, -0.05) is 0 Å². The highest BCUT2D eigenvalue weighted by molar-refractivity contribution is 5.85. The Bertz CT molecular complexity index is 211. The van der Waals surface area contributed by atoms with E-state index < -0.39 is 0 Å². The van der Waals surface area contributed by atoms with Crippen LogP contribution in [0.25, 0.3) is 0 Å². The fourth-order valence-corrected chi connectivity index (χ4v) is 1.15. The zero-order valence-corrected chi connectivity index (χ0v) is 8.08. The van der Waals surface area contributed by atoms with Crippen molar-refractivity contribution in [3.8, 4) is 0 Å². The molecule has 0 saturated heterocycles. The largest absolute Gasteiger partial charge is 0.468 e. The van der Waals surface area contributed by atoms with Crippen molar-refractivity contribution in [2.45, 2.75) is 19.8 Å². The van der Waals surface area contributed by atoms with Crippen LogP contribution in [0.4, 0.5) is 0 Å². The molecule has 1 aliphatic carbocycles. The maximum absolute atomic E-state index is 11.5. The lowest BCUT2D eigenvalue weighted by Gasteiger charge is -2.18. The standard InChI is InChI=1S/C9H15NO3/c1-3-10(6-8(11)13-2)9(12)7-4-5-7/h7H,3-6H2,1-2H3. The summed E-state index contributed by atoms with van der Waals surface area (Å²) in [6.07, 6.45) is 1.94. The van der Waals surface area contributed by atoms with E-state index in [-0.39, 0.29) is 24.3 Å². The number of esters is 1. The second-order valence-electron chi connectivity index (χ2n) is 3.20. The van der Waals surface area contributed by atoms with Crippen LogP contribution in [0.15, 0.2) is 0 Å². The number of likely N-dealkylation sites (N-methyl/N-ethyl adjacent to an activating group) is 1. The van der Waals surface area contributed by atoms with E-state index >= 15 is 0 Å². The summed E-state index contributed by atoms with van der Waals surface area (Å²) in [7, 11) is 1.33. The number of methoxy groups -OCH3 is 1. The van der Waals surface area contributed by atoms with Crippen molar-refractivity contribution < 1.29 is 14.3 Å². The van der Waals surface area contributed by atoms with Crippen LogP contribution in [0.3, 0.4) is 0 Å². The van der Waals surface area contributed by atoms with E-state index in [0.717, 1.165) is 12.8 Å². The van der Waals surface area contributed by atoms with E-state index in [0.29, 0.717) is 6.54 Å². The van der Waals surface area contributed by atoms with Crippen LogP contribution in [-0.4, -0.2) is 37.0 Å². The first kappa shape index (κ1) is 10.0. The molecule has 4 heteroatoms. The molecule has 0 radical (unpaired) electrons. The lowest BCUT2D eigenvalue weighted by Crippen LogP contribution is -2.36. The third-order valence-electron chi connectivity index (χ3n) is 2.17. The summed E-state index contributed by atoms with van der Waals surface area (Å²) in [5.41, 5.74) is 0. The van der Waals surface area contributed by atoms with Crippen LogP contribution in [0.1, 0.15) is 19.8 Å². The minimum absolute atomic E-state index is 0.0856. The summed E-state index contributed by atoms with van der Waals surface area (Å²) < 4.78 is 4.50. The number of hydrogen-bond donors (Lipinski definition) is 0. The van der Waals surface area contributed by atoms with Crippen molar-refractivity contribution in [3.05, 3.63) is 0 Å². The third-order valence-corrected chi connectivity index (χ3v) is 2.17. The molecule has 13 heavy (non-hydrogen) atoms. The molecule has 1 fully saturated rings. The summed E-state index contributed by atoms with van der Waals surface area (Å²) >= 11 is 0. The molecule has 0 aromatic carbocycles. The van der Waals surface area contributed by atoms with Gasteiger partial charge in [-0.2, -0.15) is 0 Å². The molecule has 0 heterocycles. The number of carbonyl (C=O) groups excluding carboxylic acids is 2. The topological polar surface area (TPSA) is 46.6 Å². The van der Waals surface area contributed by atoms with E-state index in [2.05, 4.69) is 4.74 Å². The zero-order valence-electron chi connectivity index (χ0n) is 8.08. The Morgan fingerprint density at radius 2 is 2.08 bits per heavy atom. The van der Waals surface area contributed by atoms with E-state index in [1.54, 1.807) is 4.90 Å². The van der Waals surface area contributed by atoms with Gasteiger partial charge >= 0.3 is 5.97 Å². The molecule has 0 aromatic heterocycles. The molecule has 1 aliphatic rings. The van der Waals surface area contributed by atoms with Crippen LogP contribution >= 0.6 is 0 Å². The van der Waals surface area contributed by atoms with Gasteiger partial charge in [-0.25, -0.2) is 0 Å². The van der Waals surface area contributed by atoms with Gasteiger partial charge in [-0.05, 0) is 19.8 Å². The molecule has 74 valence electrons. The molecular weight excluding hydrogens is 170 g/mol. The highest BCUT2D eigenvalue weighted by atomic mass is 16.5. The lowest BCUT2D eigenvalue weighted by molar-refractivity contribution is -0.147. The van der Waals surface area contributed by atoms with Gasteiger partial charge in [0, 0.05) is 12.5 Å². The maximum Gasteiger partial charge on any atom is 0.325 e. The van der Waals surface area contributed by atoms with E-state index in [1.807, 2.05) is 6.92 Å². The van der Waals surface area contributed by atoms with Gasteiger partial charge in [0.1, 0.15) is 6.54 Å². The molecule has 0 spiro atoms. The van der Waals surface area contributed by atoms with E-state index in [4.69, 9.17) is 0 Å². The molecule has 0 aromatic rings. The smallest absolute Gasteiger partial charge is 0.325 e. The second-order valence-corrected chi connectivity index (χ2v) is 3.20. The molecule has 0 aliphatic heterocycles. The molecule has 1 amide bonds. The Morgan fingerprint density at radius 3 is 2.46 bits per heavy atom. The van der Waals surface area contributed by atoms with Crippen molar-refractivity contribution in [1.29, 1.82) is 0 Å². The first-order valence-electron chi connectivity index (χ1n) is 4.54. The normalized spacial score (nSPS) is 15.2. The minimum atomic E-state index is -0.351. The highest BCUT2D eigenvalue weighted by Crippen LogP contribution is 2.30. The van der Waals surface area contributed by atoms with Gasteiger partial charge in [0.2, 0.25) is 5.91 Å². The van der Waals surface area contributed by atoms with E-state index in [1.165, 1.54) is 7.11 Å². The summed E-state index contributed by atoms with van der Waals surface area (Å²) in [6, 6.07) is 0. The van der Waals surface area contributed by atoms with Crippen molar-refractivity contribution in [2.75, 3.05) is 20.2 Å². The van der Waals surface area contributed by atoms with Gasteiger partial charge in [0.05, 0.1) is 7.11 Å². The minimum Gasteiger partial charge on any atom is -0.468 e. The van der Waals surface area contributed by atoms with Gasteiger partial charge < -0.3 is 9.64 Å². The summed E-state index contributed by atoms with van der Waals surface area (Å²) in [5, 5.41) is 0. The van der Waals surface area contributed by atoms with Crippen LogP contribution in [0.2, 0.25) is 0 Å². The Hall–Kier alpha value is -1.06. The third kappa shape index (κ3) is 2.72.